The highest BCUT2D eigenvalue weighted by atomic mass is 32.2. The Morgan fingerprint density at radius 1 is 1.22 bits per heavy atom. The van der Waals surface area contributed by atoms with Crippen LogP contribution >= 0.6 is 0 Å². The summed E-state index contributed by atoms with van der Waals surface area (Å²) in [6, 6.07) is 7.24. The van der Waals surface area contributed by atoms with Gasteiger partial charge in [-0.2, -0.15) is 4.31 Å². The molecule has 0 N–H and O–H groups in total. The van der Waals surface area contributed by atoms with Gasteiger partial charge in [0.25, 0.3) is 0 Å². The second-order valence-electron chi connectivity index (χ2n) is 6.60. The fraction of sp³-hybridized carbons (Fsp3) is 0.389. The number of hydrogen-bond acceptors (Lipinski definition) is 7. The Morgan fingerprint density at radius 3 is 2.81 bits per heavy atom. The van der Waals surface area contributed by atoms with Crippen LogP contribution in [0.2, 0.25) is 0 Å². The van der Waals surface area contributed by atoms with Gasteiger partial charge in [0.1, 0.15) is 0 Å². The molecule has 0 spiro atoms. The van der Waals surface area contributed by atoms with E-state index in [9.17, 15) is 8.42 Å². The second kappa shape index (κ2) is 6.90. The summed E-state index contributed by atoms with van der Waals surface area (Å²) in [6.07, 6.45) is 3.97. The third-order valence-electron chi connectivity index (χ3n) is 4.82. The van der Waals surface area contributed by atoms with Crippen molar-refractivity contribution >= 4 is 26.8 Å². The molecule has 9 heteroatoms. The van der Waals surface area contributed by atoms with Crippen molar-refractivity contribution in [3.05, 3.63) is 42.5 Å². The molecule has 3 heterocycles. The van der Waals surface area contributed by atoms with E-state index in [4.69, 9.17) is 4.42 Å². The van der Waals surface area contributed by atoms with E-state index in [1.807, 2.05) is 24.8 Å². The summed E-state index contributed by atoms with van der Waals surface area (Å²) >= 11 is 0. The lowest BCUT2D eigenvalue weighted by atomic mass is 10.2. The number of piperazine rings is 1. The number of fused-ring (bicyclic) bond motifs is 1. The van der Waals surface area contributed by atoms with Gasteiger partial charge in [-0.15, -0.1) is 5.10 Å². The van der Waals surface area contributed by atoms with Gasteiger partial charge < -0.3 is 9.32 Å². The number of benzene rings is 1. The fourth-order valence-electron chi connectivity index (χ4n) is 3.43. The molecule has 1 saturated heterocycles. The van der Waals surface area contributed by atoms with Crippen molar-refractivity contribution in [2.75, 3.05) is 24.5 Å². The van der Waals surface area contributed by atoms with E-state index in [0.717, 1.165) is 5.39 Å². The third kappa shape index (κ3) is 3.17. The Kier molecular flexibility index (Phi) is 4.56. The number of rotatable bonds is 4. The number of anilines is 1. The van der Waals surface area contributed by atoms with Crippen LogP contribution in [0.1, 0.15) is 19.7 Å². The van der Waals surface area contributed by atoms with E-state index < -0.39 is 10.0 Å². The van der Waals surface area contributed by atoms with Crippen molar-refractivity contribution in [2.45, 2.75) is 31.2 Å². The Hall–Kier alpha value is -2.52. The molecule has 1 aliphatic rings. The molecule has 1 aromatic carbocycles. The lowest BCUT2D eigenvalue weighted by molar-refractivity contribution is 0.297. The predicted octanol–water partition coefficient (Wildman–Crippen LogP) is 2.08. The molecular formula is C18H21N5O3S. The molecule has 142 valence electrons. The van der Waals surface area contributed by atoms with Gasteiger partial charge >= 0.3 is 6.01 Å². The van der Waals surface area contributed by atoms with Gasteiger partial charge in [0.05, 0.1) is 4.90 Å². The minimum atomic E-state index is -3.63. The largest absolute Gasteiger partial charge is 0.408 e. The molecule has 0 amide bonds. The average molecular weight is 387 g/mol. The van der Waals surface area contributed by atoms with Crippen LogP contribution < -0.4 is 4.90 Å². The van der Waals surface area contributed by atoms with Gasteiger partial charge in [-0.05, 0) is 19.1 Å². The molecule has 8 nitrogen and oxygen atoms in total. The van der Waals surface area contributed by atoms with Crippen LogP contribution in [0, 0.1) is 0 Å². The van der Waals surface area contributed by atoms with Crippen molar-refractivity contribution in [3.8, 4) is 0 Å². The Balaban J connectivity index is 1.61. The molecule has 4 rings (SSSR count). The third-order valence-corrected chi connectivity index (χ3v) is 6.89. The first-order valence-electron chi connectivity index (χ1n) is 8.92. The average Bonchev–Trinajstić information content (AvgIpc) is 3.16. The first-order valence-corrected chi connectivity index (χ1v) is 10.4. The summed E-state index contributed by atoms with van der Waals surface area (Å²) in [5, 5.41) is 9.55. The highest BCUT2D eigenvalue weighted by Crippen LogP contribution is 2.28. The maximum absolute atomic E-state index is 13.3. The van der Waals surface area contributed by atoms with E-state index in [1.54, 1.807) is 34.9 Å². The number of aryl methyl sites for hydroxylation is 1. The van der Waals surface area contributed by atoms with Crippen LogP contribution in [-0.4, -0.2) is 53.6 Å². The fourth-order valence-corrected chi connectivity index (χ4v) is 5.26. The van der Waals surface area contributed by atoms with Gasteiger partial charge in [0, 0.05) is 55.3 Å². The topological polar surface area (TPSA) is 92.4 Å². The first kappa shape index (κ1) is 17.9. The maximum atomic E-state index is 13.3. The molecule has 3 aromatic rings. The maximum Gasteiger partial charge on any atom is 0.318 e. The zero-order valence-electron chi connectivity index (χ0n) is 15.2. The lowest BCUT2D eigenvalue weighted by Crippen LogP contribution is -2.54. The van der Waals surface area contributed by atoms with Crippen LogP contribution in [0.5, 0.6) is 0 Å². The number of aromatic nitrogens is 3. The molecule has 0 bridgehead atoms. The highest BCUT2D eigenvalue weighted by Gasteiger charge is 2.35. The van der Waals surface area contributed by atoms with Gasteiger partial charge in [0.15, 0.2) is 0 Å². The van der Waals surface area contributed by atoms with Crippen LogP contribution in [0.25, 0.3) is 10.8 Å². The van der Waals surface area contributed by atoms with Crippen molar-refractivity contribution in [1.82, 2.24) is 19.5 Å². The summed E-state index contributed by atoms with van der Waals surface area (Å²) in [5.41, 5.74) is 0. The van der Waals surface area contributed by atoms with E-state index in [-0.39, 0.29) is 6.04 Å². The van der Waals surface area contributed by atoms with Crippen LogP contribution in [0.4, 0.5) is 6.01 Å². The lowest BCUT2D eigenvalue weighted by Gasteiger charge is -2.38. The summed E-state index contributed by atoms with van der Waals surface area (Å²) in [6.45, 7) is 5.20. The minimum Gasteiger partial charge on any atom is -0.408 e. The quantitative estimate of drug-likeness (QED) is 0.677. The van der Waals surface area contributed by atoms with Crippen LogP contribution in [0.15, 0.2) is 46.0 Å². The zero-order chi connectivity index (χ0) is 19.0. The number of hydrogen-bond donors (Lipinski definition) is 0. The standard InChI is InChI=1S/C18H21N5O3S/c1-3-17-20-21-18(26-17)22-9-10-23(13(2)12-22)27(24,25)16-6-4-5-14-11-19-8-7-15(14)16/h4-8,11,13H,3,9-10,12H2,1-2H3/t13-/m1/s1. The Morgan fingerprint density at radius 2 is 2.07 bits per heavy atom. The van der Waals surface area contributed by atoms with Gasteiger partial charge in [-0.25, -0.2) is 8.42 Å². The summed E-state index contributed by atoms with van der Waals surface area (Å²) in [5.74, 6) is 0.581. The number of sulfonamides is 1. The second-order valence-corrected chi connectivity index (χ2v) is 8.45. The molecule has 1 fully saturated rings. The van der Waals surface area contributed by atoms with E-state index in [2.05, 4.69) is 15.2 Å². The van der Waals surface area contributed by atoms with E-state index >= 15 is 0 Å². The summed E-state index contributed by atoms with van der Waals surface area (Å²) in [7, 11) is -3.63. The normalized spacial score (nSPS) is 18.9. The highest BCUT2D eigenvalue weighted by molar-refractivity contribution is 7.89. The SMILES string of the molecule is CCc1nnc(N2CCN(S(=O)(=O)c3cccc4cnccc34)[C@H](C)C2)o1. The predicted molar refractivity (Wildman–Crippen MR) is 101 cm³/mol. The van der Waals surface area contributed by atoms with Gasteiger partial charge in [-0.1, -0.05) is 24.2 Å². The van der Waals surface area contributed by atoms with Crippen molar-refractivity contribution in [1.29, 1.82) is 0 Å². The van der Waals surface area contributed by atoms with Crippen molar-refractivity contribution in [3.63, 3.8) is 0 Å². The Labute approximate surface area is 157 Å². The zero-order valence-corrected chi connectivity index (χ0v) is 16.1. The molecule has 0 unspecified atom stereocenters. The van der Waals surface area contributed by atoms with E-state index in [1.165, 1.54) is 0 Å². The van der Waals surface area contributed by atoms with Crippen molar-refractivity contribution in [2.24, 2.45) is 0 Å². The molecule has 0 aliphatic carbocycles. The molecule has 0 radical (unpaired) electrons. The minimum absolute atomic E-state index is 0.224. The van der Waals surface area contributed by atoms with Crippen LogP contribution in [0.3, 0.4) is 0 Å². The Bertz CT molecular complexity index is 1060. The number of pyridine rings is 1. The van der Waals surface area contributed by atoms with Crippen molar-refractivity contribution < 1.29 is 12.8 Å². The molecule has 27 heavy (non-hydrogen) atoms. The monoisotopic (exact) mass is 387 g/mol. The smallest absolute Gasteiger partial charge is 0.318 e. The molecule has 1 aliphatic heterocycles. The number of nitrogens with zero attached hydrogens (tertiary/aromatic N) is 5. The summed E-state index contributed by atoms with van der Waals surface area (Å²) < 4.78 is 33.8. The molecule has 0 saturated carbocycles. The first-order chi connectivity index (χ1) is 13.0. The molecule has 1 atom stereocenters. The summed E-state index contributed by atoms with van der Waals surface area (Å²) in [4.78, 5) is 6.33. The van der Waals surface area contributed by atoms with E-state index in [0.29, 0.717) is 48.2 Å². The molecular weight excluding hydrogens is 366 g/mol. The van der Waals surface area contributed by atoms with Crippen LogP contribution in [-0.2, 0) is 16.4 Å². The molecule has 2 aromatic heterocycles. The van der Waals surface area contributed by atoms with Gasteiger partial charge in [0.2, 0.25) is 15.9 Å². The van der Waals surface area contributed by atoms with Gasteiger partial charge in [-0.3, -0.25) is 4.98 Å².